The summed E-state index contributed by atoms with van der Waals surface area (Å²) in [5.41, 5.74) is 1.69. The SMILES string of the molecule is C[C@H]1CN(C(=O)Cc2ccncc2)c2cccnc2O1. The molecule has 3 heterocycles. The van der Waals surface area contributed by atoms with Crippen molar-refractivity contribution in [1.29, 1.82) is 0 Å². The summed E-state index contributed by atoms with van der Waals surface area (Å²) in [7, 11) is 0. The van der Waals surface area contributed by atoms with Crippen molar-refractivity contribution >= 4 is 11.6 Å². The molecule has 0 bridgehead atoms. The zero-order valence-electron chi connectivity index (χ0n) is 11.2. The molecule has 0 unspecified atom stereocenters. The summed E-state index contributed by atoms with van der Waals surface area (Å²) in [6.45, 7) is 2.48. The molecular formula is C15H15N3O2. The fourth-order valence-corrected chi connectivity index (χ4v) is 2.27. The van der Waals surface area contributed by atoms with Crippen LogP contribution in [0.15, 0.2) is 42.9 Å². The number of carbonyl (C=O) groups is 1. The number of amides is 1. The van der Waals surface area contributed by atoms with Crippen LogP contribution in [0.1, 0.15) is 12.5 Å². The summed E-state index contributed by atoms with van der Waals surface area (Å²) < 4.78 is 5.65. The van der Waals surface area contributed by atoms with E-state index in [0.29, 0.717) is 18.8 Å². The second-order valence-electron chi connectivity index (χ2n) is 4.79. The van der Waals surface area contributed by atoms with Crippen molar-refractivity contribution in [2.24, 2.45) is 0 Å². The van der Waals surface area contributed by atoms with Crippen molar-refractivity contribution in [2.45, 2.75) is 19.4 Å². The van der Waals surface area contributed by atoms with E-state index in [1.807, 2.05) is 31.2 Å². The highest BCUT2D eigenvalue weighted by molar-refractivity contribution is 5.96. The first kappa shape index (κ1) is 12.6. The van der Waals surface area contributed by atoms with Gasteiger partial charge in [0.1, 0.15) is 11.8 Å². The highest BCUT2D eigenvalue weighted by Crippen LogP contribution is 2.31. The molecule has 0 spiro atoms. The zero-order chi connectivity index (χ0) is 13.9. The van der Waals surface area contributed by atoms with Gasteiger partial charge in [-0.3, -0.25) is 9.78 Å². The topological polar surface area (TPSA) is 55.3 Å². The molecule has 1 aliphatic rings. The van der Waals surface area contributed by atoms with Crippen LogP contribution >= 0.6 is 0 Å². The molecule has 1 amide bonds. The molecule has 2 aromatic heterocycles. The second-order valence-corrected chi connectivity index (χ2v) is 4.79. The Morgan fingerprint density at radius 1 is 1.35 bits per heavy atom. The van der Waals surface area contributed by atoms with Crippen molar-refractivity contribution in [1.82, 2.24) is 9.97 Å². The number of carbonyl (C=O) groups excluding carboxylic acids is 1. The minimum atomic E-state index is -0.0567. The van der Waals surface area contributed by atoms with Crippen LogP contribution < -0.4 is 9.64 Å². The average Bonchev–Trinajstić information content (AvgIpc) is 2.47. The average molecular weight is 269 g/mol. The lowest BCUT2D eigenvalue weighted by molar-refractivity contribution is -0.118. The molecule has 1 atom stereocenters. The molecule has 102 valence electrons. The van der Waals surface area contributed by atoms with E-state index in [9.17, 15) is 4.79 Å². The monoisotopic (exact) mass is 269 g/mol. The van der Waals surface area contributed by atoms with Crippen molar-refractivity contribution in [3.05, 3.63) is 48.4 Å². The summed E-state index contributed by atoms with van der Waals surface area (Å²) in [5.74, 6) is 0.565. The minimum absolute atomic E-state index is 0.0422. The third-order valence-corrected chi connectivity index (χ3v) is 3.20. The predicted octanol–water partition coefficient (Wildman–Crippen LogP) is 1.83. The van der Waals surface area contributed by atoms with Gasteiger partial charge in [0, 0.05) is 18.6 Å². The molecule has 5 nitrogen and oxygen atoms in total. The number of hydrogen-bond donors (Lipinski definition) is 0. The van der Waals surface area contributed by atoms with Gasteiger partial charge in [0.25, 0.3) is 0 Å². The molecule has 1 aliphatic heterocycles. The van der Waals surface area contributed by atoms with Crippen LogP contribution in [0.3, 0.4) is 0 Å². The summed E-state index contributed by atoms with van der Waals surface area (Å²) in [6.07, 6.45) is 5.35. The number of ether oxygens (including phenoxy) is 1. The first-order chi connectivity index (χ1) is 9.74. The number of nitrogens with zero attached hydrogens (tertiary/aromatic N) is 3. The van der Waals surface area contributed by atoms with Crippen LogP contribution in [-0.2, 0) is 11.2 Å². The summed E-state index contributed by atoms with van der Waals surface area (Å²) in [4.78, 5) is 22.4. The first-order valence-electron chi connectivity index (χ1n) is 6.55. The van der Waals surface area contributed by atoms with Crippen LogP contribution in [0.2, 0.25) is 0 Å². The third-order valence-electron chi connectivity index (χ3n) is 3.20. The van der Waals surface area contributed by atoms with Gasteiger partial charge < -0.3 is 9.64 Å². The predicted molar refractivity (Wildman–Crippen MR) is 74.6 cm³/mol. The van der Waals surface area contributed by atoms with Gasteiger partial charge in [0.05, 0.1) is 13.0 Å². The van der Waals surface area contributed by atoms with E-state index in [4.69, 9.17) is 4.74 Å². The standard InChI is InChI=1S/C15H15N3O2/c1-11-10-18(13-3-2-6-17-15(13)20-11)14(19)9-12-4-7-16-8-5-12/h2-8,11H,9-10H2,1H3/t11-/m0/s1. The maximum Gasteiger partial charge on any atom is 0.238 e. The summed E-state index contributed by atoms with van der Waals surface area (Å²) in [5, 5.41) is 0. The number of anilines is 1. The van der Waals surface area contributed by atoms with Gasteiger partial charge in [-0.25, -0.2) is 4.98 Å². The Hall–Kier alpha value is -2.43. The van der Waals surface area contributed by atoms with Crippen molar-refractivity contribution in [3.8, 4) is 5.88 Å². The van der Waals surface area contributed by atoms with Crippen LogP contribution in [-0.4, -0.2) is 28.5 Å². The lowest BCUT2D eigenvalue weighted by Crippen LogP contribution is -2.43. The highest BCUT2D eigenvalue weighted by Gasteiger charge is 2.28. The molecule has 0 radical (unpaired) electrons. The lowest BCUT2D eigenvalue weighted by Gasteiger charge is -2.32. The Morgan fingerprint density at radius 3 is 2.95 bits per heavy atom. The smallest absolute Gasteiger partial charge is 0.238 e. The Balaban J connectivity index is 1.85. The highest BCUT2D eigenvalue weighted by atomic mass is 16.5. The van der Waals surface area contributed by atoms with Gasteiger partial charge in [0.15, 0.2) is 0 Å². The van der Waals surface area contributed by atoms with E-state index >= 15 is 0 Å². The van der Waals surface area contributed by atoms with Crippen LogP contribution in [0, 0.1) is 0 Å². The van der Waals surface area contributed by atoms with Gasteiger partial charge >= 0.3 is 0 Å². The van der Waals surface area contributed by atoms with E-state index in [1.165, 1.54) is 0 Å². The van der Waals surface area contributed by atoms with E-state index in [-0.39, 0.29) is 12.0 Å². The maximum absolute atomic E-state index is 12.5. The van der Waals surface area contributed by atoms with E-state index in [0.717, 1.165) is 11.3 Å². The molecule has 0 aromatic carbocycles. The molecule has 2 aromatic rings. The first-order valence-corrected chi connectivity index (χ1v) is 6.55. The van der Waals surface area contributed by atoms with Crippen LogP contribution in [0.5, 0.6) is 5.88 Å². The number of rotatable bonds is 2. The molecular weight excluding hydrogens is 254 g/mol. The van der Waals surface area contributed by atoms with Gasteiger partial charge in [-0.1, -0.05) is 0 Å². The number of aromatic nitrogens is 2. The molecule has 20 heavy (non-hydrogen) atoms. The minimum Gasteiger partial charge on any atom is -0.471 e. The maximum atomic E-state index is 12.5. The van der Waals surface area contributed by atoms with E-state index < -0.39 is 0 Å². The quantitative estimate of drug-likeness (QED) is 0.834. The molecule has 5 heteroatoms. The van der Waals surface area contributed by atoms with Crippen LogP contribution in [0.25, 0.3) is 0 Å². The zero-order valence-corrected chi connectivity index (χ0v) is 11.2. The largest absolute Gasteiger partial charge is 0.471 e. The normalized spacial score (nSPS) is 17.2. The Bertz CT molecular complexity index is 616. The molecule has 0 N–H and O–H groups in total. The summed E-state index contributed by atoms with van der Waals surface area (Å²) >= 11 is 0. The Morgan fingerprint density at radius 2 is 2.15 bits per heavy atom. The number of hydrogen-bond acceptors (Lipinski definition) is 4. The van der Waals surface area contributed by atoms with Crippen molar-refractivity contribution < 1.29 is 9.53 Å². The van der Waals surface area contributed by atoms with Gasteiger partial charge in [0.2, 0.25) is 11.8 Å². The Kier molecular flexibility index (Phi) is 3.33. The molecule has 3 rings (SSSR count). The lowest BCUT2D eigenvalue weighted by atomic mass is 10.1. The number of pyridine rings is 2. The van der Waals surface area contributed by atoms with Crippen LogP contribution in [0.4, 0.5) is 5.69 Å². The fourth-order valence-electron chi connectivity index (χ4n) is 2.27. The van der Waals surface area contributed by atoms with Gasteiger partial charge in [-0.05, 0) is 36.8 Å². The van der Waals surface area contributed by atoms with E-state index in [1.54, 1.807) is 23.5 Å². The third kappa shape index (κ3) is 2.47. The second kappa shape index (κ2) is 5.28. The fraction of sp³-hybridized carbons (Fsp3) is 0.267. The van der Waals surface area contributed by atoms with E-state index in [2.05, 4.69) is 9.97 Å². The van der Waals surface area contributed by atoms with Crippen molar-refractivity contribution in [2.75, 3.05) is 11.4 Å². The summed E-state index contributed by atoms with van der Waals surface area (Å²) in [6, 6.07) is 7.38. The van der Waals surface area contributed by atoms with Gasteiger partial charge in [-0.15, -0.1) is 0 Å². The molecule has 0 fully saturated rings. The molecule has 0 saturated heterocycles. The van der Waals surface area contributed by atoms with Gasteiger partial charge in [-0.2, -0.15) is 0 Å². The number of fused-ring (bicyclic) bond motifs is 1. The van der Waals surface area contributed by atoms with Crippen molar-refractivity contribution in [3.63, 3.8) is 0 Å². The Labute approximate surface area is 117 Å². The molecule has 0 saturated carbocycles. The molecule has 0 aliphatic carbocycles.